The molecule has 0 saturated carbocycles. The summed E-state index contributed by atoms with van der Waals surface area (Å²) in [6, 6.07) is 8.23. The van der Waals surface area contributed by atoms with Crippen LogP contribution in [0.25, 0.3) is 11.1 Å². The van der Waals surface area contributed by atoms with Crippen LogP contribution in [-0.2, 0) is 6.18 Å². The Morgan fingerprint density at radius 3 is 2.05 bits per heavy atom. The van der Waals surface area contributed by atoms with E-state index in [1.54, 1.807) is 22.6 Å². The zero-order chi connectivity index (χ0) is 16.5. The predicted octanol–water partition coefficient (Wildman–Crippen LogP) is 5.88. The first kappa shape index (κ1) is 16.9. The highest BCUT2D eigenvalue weighted by Crippen LogP contribution is 2.38. The molecule has 0 spiro atoms. The Morgan fingerprint density at radius 1 is 0.864 bits per heavy atom. The van der Waals surface area contributed by atoms with Crippen LogP contribution in [0.5, 0.6) is 5.75 Å². The van der Waals surface area contributed by atoms with E-state index >= 15 is 0 Å². The molecular formula is C14H7F6IO. The Bertz CT molecular complexity index is 678. The van der Waals surface area contributed by atoms with Crippen molar-refractivity contribution in [3.05, 3.63) is 51.6 Å². The molecule has 118 valence electrons. The van der Waals surface area contributed by atoms with E-state index in [0.29, 0.717) is 0 Å². The second-order valence-corrected chi connectivity index (χ2v) is 5.40. The first-order valence-electron chi connectivity index (χ1n) is 5.80. The third kappa shape index (κ3) is 4.05. The minimum atomic E-state index is -4.86. The fraction of sp³-hybridized carbons (Fsp3) is 0.143. The number of benzene rings is 2. The maximum absolute atomic E-state index is 13.0. The largest absolute Gasteiger partial charge is 0.573 e. The van der Waals surface area contributed by atoms with Gasteiger partial charge < -0.3 is 4.74 Å². The highest BCUT2D eigenvalue weighted by molar-refractivity contribution is 14.1. The van der Waals surface area contributed by atoms with Crippen LogP contribution in [0.4, 0.5) is 26.3 Å². The molecule has 0 N–H and O–H groups in total. The molecule has 0 atom stereocenters. The fourth-order valence-corrected chi connectivity index (χ4v) is 2.48. The lowest BCUT2D eigenvalue weighted by molar-refractivity contribution is -0.274. The number of alkyl halides is 6. The molecule has 1 nitrogen and oxygen atoms in total. The predicted molar refractivity (Wildman–Crippen MR) is 76.3 cm³/mol. The van der Waals surface area contributed by atoms with Crippen molar-refractivity contribution < 1.29 is 31.1 Å². The normalized spacial score (nSPS) is 12.3. The highest BCUT2D eigenvalue weighted by Gasteiger charge is 2.34. The number of halogens is 7. The molecule has 0 saturated heterocycles. The van der Waals surface area contributed by atoms with Gasteiger partial charge in [-0.25, -0.2) is 0 Å². The Hall–Kier alpha value is -1.45. The van der Waals surface area contributed by atoms with Gasteiger partial charge in [0.25, 0.3) is 0 Å². The van der Waals surface area contributed by atoms with Gasteiger partial charge in [0.2, 0.25) is 0 Å². The average molecular weight is 432 g/mol. The van der Waals surface area contributed by atoms with E-state index in [-0.39, 0.29) is 14.7 Å². The summed E-state index contributed by atoms with van der Waals surface area (Å²) in [7, 11) is 0. The third-order valence-electron chi connectivity index (χ3n) is 2.70. The van der Waals surface area contributed by atoms with Crippen molar-refractivity contribution in [3.8, 4) is 16.9 Å². The minimum Gasteiger partial charge on any atom is -0.405 e. The van der Waals surface area contributed by atoms with Crippen LogP contribution >= 0.6 is 22.6 Å². The molecular weight excluding hydrogens is 425 g/mol. The maximum atomic E-state index is 13.0. The first-order valence-corrected chi connectivity index (χ1v) is 6.88. The van der Waals surface area contributed by atoms with Crippen LogP contribution in [0.1, 0.15) is 5.56 Å². The number of ether oxygens (including phenoxy) is 1. The Morgan fingerprint density at radius 2 is 1.50 bits per heavy atom. The van der Waals surface area contributed by atoms with Crippen molar-refractivity contribution in [2.45, 2.75) is 12.5 Å². The standard InChI is InChI=1S/C14H7F6IO/c15-13(16,17)10-4-2-1-3-9(10)8-5-6-12(11(21)7-8)22-14(18,19)20/h1-7H. The van der Waals surface area contributed by atoms with Crippen molar-refractivity contribution in [2.24, 2.45) is 0 Å². The zero-order valence-corrected chi connectivity index (χ0v) is 12.8. The molecule has 0 aliphatic carbocycles. The molecule has 8 heteroatoms. The van der Waals surface area contributed by atoms with Crippen molar-refractivity contribution in [1.29, 1.82) is 0 Å². The molecule has 0 amide bonds. The lowest BCUT2D eigenvalue weighted by Gasteiger charge is -2.15. The van der Waals surface area contributed by atoms with Crippen LogP contribution < -0.4 is 4.74 Å². The van der Waals surface area contributed by atoms with Crippen molar-refractivity contribution in [3.63, 3.8) is 0 Å². The van der Waals surface area contributed by atoms with E-state index in [0.717, 1.165) is 18.2 Å². The summed E-state index contributed by atoms with van der Waals surface area (Å²) >= 11 is 1.58. The molecule has 0 fully saturated rings. The topological polar surface area (TPSA) is 9.23 Å². The van der Waals surface area contributed by atoms with Gasteiger partial charge in [0, 0.05) is 0 Å². The summed E-state index contributed by atoms with van der Waals surface area (Å²) in [6.45, 7) is 0. The van der Waals surface area contributed by atoms with Gasteiger partial charge >= 0.3 is 12.5 Å². The molecule has 22 heavy (non-hydrogen) atoms. The molecule has 0 aliphatic rings. The van der Waals surface area contributed by atoms with E-state index in [4.69, 9.17) is 0 Å². The third-order valence-corrected chi connectivity index (χ3v) is 3.54. The van der Waals surface area contributed by atoms with Gasteiger partial charge in [-0.1, -0.05) is 24.3 Å². The van der Waals surface area contributed by atoms with Crippen LogP contribution in [0.2, 0.25) is 0 Å². The first-order chi connectivity index (χ1) is 10.1. The summed E-state index contributed by atoms with van der Waals surface area (Å²) in [5.41, 5.74) is -0.798. The lowest BCUT2D eigenvalue weighted by Crippen LogP contribution is -2.17. The summed E-state index contributed by atoms with van der Waals surface area (Å²) in [4.78, 5) is 0. The van der Waals surface area contributed by atoms with E-state index < -0.39 is 23.9 Å². The average Bonchev–Trinajstić information content (AvgIpc) is 2.39. The van der Waals surface area contributed by atoms with Gasteiger partial charge in [-0.3, -0.25) is 0 Å². The Kier molecular flexibility index (Phi) is 4.59. The summed E-state index contributed by atoms with van der Waals surface area (Å²) in [5, 5.41) is 0. The van der Waals surface area contributed by atoms with Crippen molar-refractivity contribution in [2.75, 3.05) is 0 Å². The molecule has 0 bridgehead atoms. The minimum absolute atomic E-state index is 0.0596. The fourth-order valence-electron chi connectivity index (χ4n) is 1.86. The van der Waals surface area contributed by atoms with E-state index in [1.165, 1.54) is 24.3 Å². The molecule has 0 heterocycles. The number of hydrogen-bond donors (Lipinski definition) is 0. The molecule has 0 aliphatic heterocycles. The van der Waals surface area contributed by atoms with Gasteiger partial charge in [0.05, 0.1) is 9.13 Å². The summed E-state index contributed by atoms with van der Waals surface area (Å²) in [6.07, 6.45) is -9.41. The SMILES string of the molecule is FC(F)(F)Oc1ccc(-c2ccccc2C(F)(F)F)cc1I. The van der Waals surface area contributed by atoms with Crippen LogP contribution in [0.15, 0.2) is 42.5 Å². The Balaban J connectivity index is 2.46. The van der Waals surface area contributed by atoms with Gasteiger partial charge in [-0.05, 0) is 51.9 Å². The smallest absolute Gasteiger partial charge is 0.405 e. The second kappa shape index (κ2) is 5.98. The highest BCUT2D eigenvalue weighted by atomic mass is 127. The molecule has 2 aromatic carbocycles. The summed E-state index contributed by atoms with van der Waals surface area (Å²) in [5.74, 6) is -0.457. The molecule has 2 aromatic rings. The number of hydrogen-bond acceptors (Lipinski definition) is 1. The molecule has 0 radical (unpaired) electrons. The van der Waals surface area contributed by atoms with E-state index in [1.807, 2.05) is 0 Å². The van der Waals surface area contributed by atoms with Gasteiger partial charge in [-0.15, -0.1) is 13.2 Å². The molecule has 2 rings (SSSR count). The monoisotopic (exact) mass is 432 g/mol. The van der Waals surface area contributed by atoms with Crippen LogP contribution in [-0.4, -0.2) is 6.36 Å². The van der Waals surface area contributed by atoms with E-state index in [9.17, 15) is 26.3 Å². The Labute approximate surface area is 135 Å². The molecule has 0 aromatic heterocycles. The lowest BCUT2D eigenvalue weighted by atomic mass is 9.99. The zero-order valence-electron chi connectivity index (χ0n) is 10.6. The van der Waals surface area contributed by atoms with E-state index in [2.05, 4.69) is 4.74 Å². The van der Waals surface area contributed by atoms with Gasteiger partial charge in [-0.2, -0.15) is 13.2 Å². The number of rotatable bonds is 2. The quantitative estimate of drug-likeness (QED) is 0.426. The van der Waals surface area contributed by atoms with Crippen LogP contribution in [0, 0.1) is 3.57 Å². The van der Waals surface area contributed by atoms with Crippen LogP contribution in [0.3, 0.4) is 0 Å². The molecule has 0 unspecified atom stereocenters. The van der Waals surface area contributed by atoms with Gasteiger partial charge in [0.1, 0.15) is 5.75 Å². The van der Waals surface area contributed by atoms with Gasteiger partial charge in [0.15, 0.2) is 0 Å². The van der Waals surface area contributed by atoms with Crippen molar-refractivity contribution >= 4 is 22.6 Å². The van der Waals surface area contributed by atoms with Crippen molar-refractivity contribution in [1.82, 2.24) is 0 Å². The summed E-state index contributed by atoms with van der Waals surface area (Å²) < 4.78 is 79.3. The maximum Gasteiger partial charge on any atom is 0.573 e. The second-order valence-electron chi connectivity index (χ2n) is 4.24.